The molecule has 2 aromatic rings. The molecular formula is C13H10F3N5OS. The van der Waals surface area contributed by atoms with Crippen molar-refractivity contribution in [2.75, 3.05) is 13.1 Å². The molecule has 120 valence electrons. The number of hydrazine groups is 1. The SMILES string of the molecule is O=C1CN=C(c2ccc(-c3csnn3)cc2)NN1CC(F)(F)F. The standard InChI is InChI=1S/C13H10F3N5OS/c14-13(15,16)7-21-11(22)5-17-12(19-21)9-3-1-8(2-4-9)10-6-23-20-18-10/h1-4,6H,5,7H2,(H,17,19). The average molecular weight is 341 g/mol. The van der Waals surface area contributed by atoms with E-state index >= 15 is 0 Å². The van der Waals surface area contributed by atoms with Gasteiger partial charge in [0.1, 0.15) is 24.6 Å². The molecule has 3 rings (SSSR count). The van der Waals surface area contributed by atoms with E-state index in [1.54, 1.807) is 29.6 Å². The monoisotopic (exact) mass is 341 g/mol. The first-order valence-electron chi connectivity index (χ1n) is 6.48. The Bertz CT molecular complexity index is 727. The number of hydrogen-bond acceptors (Lipinski definition) is 6. The fourth-order valence-corrected chi connectivity index (χ4v) is 2.47. The molecule has 1 aromatic heterocycles. The van der Waals surface area contributed by atoms with Gasteiger partial charge in [0.25, 0.3) is 5.91 Å². The van der Waals surface area contributed by atoms with Crippen LogP contribution in [0, 0.1) is 0 Å². The molecule has 6 nitrogen and oxygen atoms in total. The van der Waals surface area contributed by atoms with Crippen molar-refractivity contribution in [2.45, 2.75) is 6.18 Å². The highest BCUT2D eigenvalue weighted by Gasteiger charge is 2.35. The lowest BCUT2D eigenvalue weighted by atomic mass is 10.1. The van der Waals surface area contributed by atoms with Crippen LogP contribution in [0.5, 0.6) is 0 Å². The van der Waals surface area contributed by atoms with Crippen molar-refractivity contribution in [3.8, 4) is 11.3 Å². The molecule has 0 bridgehead atoms. The third-order valence-corrected chi connectivity index (χ3v) is 3.57. The number of benzene rings is 1. The van der Waals surface area contributed by atoms with Gasteiger partial charge in [0, 0.05) is 16.5 Å². The lowest BCUT2D eigenvalue weighted by Gasteiger charge is -2.29. The van der Waals surface area contributed by atoms with Gasteiger partial charge in [0.2, 0.25) is 0 Å². The summed E-state index contributed by atoms with van der Waals surface area (Å²) in [4.78, 5) is 15.5. The number of hydrogen-bond donors (Lipinski definition) is 1. The number of halogens is 3. The van der Waals surface area contributed by atoms with Crippen molar-refractivity contribution >= 4 is 23.3 Å². The van der Waals surface area contributed by atoms with E-state index < -0.39 is 18.6 Å². The van der Waals surface area contributed by atoms with Crippen LogP contribution < -0.4 is 5.43 Å². The highest BCUT2D eigenvalue weighted by Crippen LogP contribution is 2.20. The topological polar surface area (TPSA) is 70.5 Å². The van der Waals surface area contributed by atoms with E-state index in [1.165, 1.54) is 11.5 Å². The molecule has 0 fully saturated rings. The molecular weight excluding hydrogens is 331 g/mol. The minimum Gasteiger partial charge on any atom is -0.279 e. The number of rotatable bonds is 3. The van der Waals surface area contributed by atoms with Gasteiger partial charge < -0.3 is 0 Å². The molecule has 0 saturated heterocycles. The Balaban J connectivity index is 1.77. The van der Waals surface area contributed by atoms with E-state index in [0.29, 0.717) is 16.3 Å². The van der Waals surface area contributed by atoms with Crippen LogP contribution in [0.2, 0.25) is 0 Å². The second kappa shape index (κ2) is 5.95. The maximum atomic E-state index is 12.5. The number of amidine groups is 1. The molecule has 1 amide bonds. The third-order valence-electron chi connectivity index (χ3n) is 3.07. The van der Waals surface area contributed by atoms with Crippen molar-refractivity contribution in [3.63, 3.8) is 0 Å². The molecule has 0 spiro atoms. The quantitative estimate of drug-likeness (QED) is 0.925. The van der Waals surface area contributed by atoms with E-state index in [-0.39, 0.29) is 12.4 Å². The number of aromatic nitrogens is 2. The second-order valence-corrected chi connectivity index (χ2v) is 5.35. The smallest absolute Gasteiger partial charge is 0.279 e. The third kappa shape index (κ3) is 3.65. The fraction of sp³-hybridized carbons (Fsp3) is 0.231. The summed E-state index contributed by atoms with van der Waals surface area (Å²) in [6, 6.07) is 6.92. The highest BCUT2D eigenvalue weighted by molar-refractivity contribution is 7.03. The van der Waals surface area contributed by atoms with E-state index in [1.807, 2.05) is 0 Å². The Morgan fingerprint density at radius 3 is 2.52 bits per heavy atom. The van der Waals surface area contributed by atoms with Gasteiger partial charge in [-0.05, 0) is 11.5 Å². The van der Waals surface area contributed by atoms with Crippen LogP contribution in [-0.4, -0.2) is 45.6 Å². The van der Waals surface area contributed by atoms with E-state index in [4.69, 9.17) is 0 Å². The molecule has 0 radical (unpaired) electrons. The molecule has 1 N–H and O–H groups in total. The van der Waals surface area contributed by atoms with Crippen molar-refractivity contribution < 1.29 is 18.0 Å². The summed E-state index contributed by atoms with van der Waals surface area (Å²) < 4.78 is 41.2. The number of nitrogens with zero attached hydrogens (tertiary/aromatic N) is 4. The zero-order valence-corrected chi connectivity index (χ0v) is 12.4. The van der Waals surface area contributed by atoms with Gasteiger partial charge in [-0.25, -0.2) is 5.01 Å². The lowest BCUT2D eigenvalue weighted by Crippen LogP contribution is -2.54. The number of nitrogens with one attached hydrogen (secondary N) is 1. The lowest BCUT2D eigenvalue weighted by molar-refractivity contribution is -0.164. The van der Waals surface area contributed by atoms with Crippen molar-refractivity contribution in [3.05, 3.63) is 35.2 Å². The molecule has 0 saturated carbocycles. The molecule has 0 aliphatic carbocycles. The summed E-state index contributed by atoms with van der Waals surface area (Å²) in [7, 11) is 0. The van der Waals surface area contributed by atoms with Crippen LogP contribution in [0.15, 0.2) is 34.6 Å². The van der Waals surface area contributed by atoms with E-state index in [9.17, 15) is 18.0 Å². The maximum absolute atomic E-state index is 12.5. The van der Waals surface area contributed by atoms with E-state index in [0.717, 1.165) is 5.56 Å². The predicted molar refractivity (Wildman–Crippen MR) is 77.7 cm³/mol. The number of carbonyl (C=O) groups excluding carboxylic acids is 1. The van der Waals surface area contributed by atoms with Crippen LogP contribution in [-0.2, 0) is 4.79 Å². The van der Waals surface area contributed by atoms with Crippen LogP contribution in [0.4, 0.5) is 13.2 Å². The molecule has 23 heavy (non-hydrogen) atoms. The van der Waals surface area contributed by atoms with E-state index in [2.05, 4.69) is 20.0 Å². The highest BCUT2D eigenvalue weighted by atomic mass is 32.1. The summed E-state index contributed by atoms with van der Waals surface area (Å²) in [5, 5.41) is 6.25. The normalized spacial score (nSPS) is 15.3. The molecule has 1 aliphatic rings. The summed E-state index contributed by atoms with van der Waals surface area (Å²) in [5.74, 6) is -0.506. The van der Waals surface area contributed by atoms with Gasteiger partial charge in [0.05, 0.1) is 0 Å². The summed E-state index contributed by atoms with van der Waals surface area (Å²) in [5.41, 5.74) is 4.55. The van der Waals surface area contributed by atoms with Crippen LogP contribution >= 0.6 is 11.5 Å². The Labute approximate surface area is 132 Å². The summed E-state index contributed by atoms with van der Waals surface area (Å²) in [6.07, 6.45) is -4.48. The first-order valence-corrected chi connectivity index (χ1v) is 7.32. The molecule has 0 unspecified atom stereocenters. The van der Waals surface area contributed by atoms with Gasteiger partial charge in [-0.3, -0.25) is 15.2 Å². The van der Waals surface area contributed by atoms with Crippen molar-refractivity contribution in [2.24, 2.45) is 4.99 Å². The van der Waals surface area contributed by atoms with Crippen LogP contribution in [0.25, 0.3) is 11.3 Å². The number of aliphatic imine (C=N–C) groups is 1. The van der Waals surface area contributed by atoms with Crippen LogP contribution in [0.3, 0.4) is 0 Å². The number of amides is 1. The molecule has 1 aromatic carbocycles. The Kier molecular flexibility index (Phi) is 3.99. The predicted octanol–water partition coefficient (Wildman–Crippen LogP) is 1.86. The minimum absolute atomic E-state index is 0.219. The first kappa shape index (κ1) is 15.4. The number of carbonyl (C=O) groups is 1. The van der Waals surface area contributed by atoms with Crippen molar-refractivity contribution in [1.82, 2.24) is 20.0 Å². The van der Waals surface area contributed by atoms with Gasteiger partial charge in [0.15, 0.2) is 0 Å². The second-order valence-electron chi connectivity index (χ2n) is 4.74. The first-order chi connectivity index (χ1) is 10.9. The summed E-state index contributed by atoms with van der Waals surface area (Å²) in [6.45, 7) is -1.69. The van der Waals surface area contributed by atoms with Crippen LogP contribution in [0.1, 0.15) is 5.56 Å². The Hall–Kier alpha value is -2.49. The van der Waals surface area contributed by atoms with Gasteiger partial charge in [-0.2, -0.15) is 13.2 Å². The molecule has 0 atom stereocenters. The molecule has 1 aliphatic heterocycles. The minimum atomic E-state index is -4.48. The average Bonchev–Trinajstić information content (AvgIpc) is 3.03. The maximum Gasteiger partial charge on any atom is 0.408 e. The summed E-state index contributed by atoms with van der Waals surface area (Å²) >= 11 is 1.22. The van der Waals surface area contributed by atoms with Gasteiger partial charge in [-0.1, -0.05) is 28.8 Å². The largest absolute Gasteiger partial charge is 0.408 e. The number of alkyl halides is 3. The fourth-order valence-electron chi connectivity index (χ4n) is 2.01. The molecule has 10 heteroatoms. The zero-order valence-electron chi connectivity index (χ0n) is 11.5. The van der Waals surface area contributed by atoms with Crippen molar-refractivity contribution in [1.29, 1.82) is 0 Å². The Morgan fingerprint density at radius 1 is 1.22 bits per heavy atom. The molecule has 2 heterocycles. The zero-order chi connectivity index (χ0) is 16.4. The van der Waals surface area contributed by atoms with Gasteiger partial charge in [-0.15, -0.1) is 5.10 Å². The Morgan fingerprint density at radius 2 is 1.91 bits per heavy atom. The van der Waals surface area contributed by atoms with Gasteiger partial charge >= 0.3 is 6.18 Å².